The molecular formula is C19H22F3N3O2S. The van der Waals surface area contributed by atoms with E-state index in [1.807, 2.05) is 7.05 Å². The Balaban J connectivity index is 1.91. The van der Waals surface area contributed by atoms with Crippen molar-refractivity contribution in [2.24, 2.45) is 0 Å². The van der Waals surface area contributed by atoms with Gasteiger partial charge in [-0.1, -0.05) is 0 Å². The van der Waals surface area contributed by atoms with Crippen LogP contribution in [0.15, 0.2) is 41.3 Å². The standard InChI is InChI=1S/C19H22F3N3O2S/c1-13(23-28(26,27)19-12-15(21)3-5-17(19)22)16-11-14(20)4-6-18(16)25-9-7-24(2)8-10-25/h3-6,11-13,23H,7-10H2,1-2H3. The van der Waals surface area contributed by atoms with Crippen molar-refractivity contribution >= 4 is 15.7 Å². The van der Waals surface area contributed by atoms with E-state index in [0.717, 1.165) is 25.2 Å². The van der Waals surface area contributed by atoms with Crippen molar-refractivity contribution in [2.75, 3.05) is 38.1 Å². The molecule has 3 rings (SSSR count). The molecule has 1 saturated heterocycles. The minimum atomic E-state index is -4.34. The molecule has 9 heteroatoms. The predicted octanol–water partition coefficient (Wildman–Crippen LogP) is 2.90. The van der Waals surface area contributed by atoms with Gasteiger partial charge >= 0.3 is 0 Å². The van der Waals surface area contributed by atoms with E-state index in [4.69, 9.17) is 0 Å². The Hall–Kier alpha value is -2.10. The van der Waals surface area contributed by atoms with E-state index < -0.39 is 38.4 Å². The molecule has 2 aromatic rings. The van der Waals surface area contributed by atoms with E-state index >= 15 is 0 Å². The Kier molecular flexibility index (Phi) is 5.97. The molecule has 0 aliphatic carbocycles. The summed E-state index contributed by atoms with van der Waals surface area (Å²) in [6.45, 7) is 4.63. The number of piperazine rings is 1. The Morgan fingerprint density at radius 3 is 2.25 bits per heavy atom. The van der Waals surface area contributed by atoms with Crippen LogP contribution >= 0.6 is 0 Å². The zero-order valence-corrected chi connectivity index (χ0v) is 16.4. The number of likely N-dealkylation sites (N-methyl/N-ethyl adjacent to an activating group) is 1. The fourth-order valence-corrected chi connectivity index (χ4v) is 4.56. The fraction of sp³-hybridized carbons (Fsp3) is 0.368. The second-order valence-corrected chi connectivity index (χ2v) is 8.59. The first-order valence-electron chi connectivity index (χ1n) is 8.88. The lowest BCUT2D eigenvalue weighted by atomic mass is 10.0. The van der Waals surface area contributed by atoms with Gasteiger partial charge in [-0.05, 0) is 55.9 Å². The molecule has 2 aromatic carbocycles. The molecule has 0 spiro atoms. The molecule has 1 heterocycles. The molecule has 1 aliphatic heterocycles. The van der Waals surface area contributed by atoms with Crippen molar-refractivity contribution in [3.05, 3.63) is 59.4 Å². The highest BCUT2D eigenvalue weighted by Crippen LogP contribution is 2.29. The topological polar surface area (TPSA) is 52.7 Å². The molecule has 5 nitrogen and oxygen atoms in total. The van der Waals surface area contributed by atoms with Crippen LogP contribution in [0.3, 0.4) is 0 Å². The molecule has 1 aliphatic rings. The number of hydrogen-bond donors (Lipinski definition) is 1. The maximum Gasteiger partial charge on any atom is 0.244 e. The van der Waals surface area contributed by atoms with Gasteiger partial charge in [0.25, 0.3) is 0 Å². The van der Waals surface area contributed by atoms with Crippen molar-refractivity contribution in [1.82, 2.24) is 9.62 Å². The Bertz CT molecular complexity index is 961. The van der Waals surface area contributed by atoms with Crippen LogP contribution in [0, 0.1) is 17.5 Å². The van der Waals surface area contributed by atoms with E-state index in [9.17, 15) is 21.6 Å². The van der Waals surface area contributed by atoms with Gasteiger partial charge in [-0.15, -0.1) is 0 Å². The maximum atomic E-state index is 13.9. The SMILES string of the molecule is CC(NS(=O)(=O)c1cc(F)ccc1F)c1cc(F)ccc1N1CCN(C)CC1. The Morgan fingerprint density at radius 1 is 0.964 bits per heavy atom. The van der Waals surface area contributed by atoms with Gasteiger partial charge in [-0.25, -0.2) is 26.3 Å². The summed E-state index contributed by atoms with van der Waals surface area (Å²) in [7, 11) is -2.34. The number of halogens is 3. The van der Waals surface area contributed by atoms with Crippen LogP contribution in [-0.2, 0) is 10.0 Å². The van der Waals surface area contributed by atoms with Crippen LogP contribution in [0.2, 0.25) is 0 Å². The van der Waals surface area contributed by atoms with Gasteiger partial charge in [0.05, 0.1) is 0 Å². The lowest BCUT2D eigenvalue weighted by molar-refractivity contribution is 0.312. The molecule has 28 heavy (non-hydrogen) atoms. The first-order valence-corrected chi connectivity index (χ1v) is 10.4. The molecule has 0 amide bonds. The fourth-order valence-electron chi connectivity index (χ4n) is 3.25. The lowest BCUT2D eigenvalue weighted by Crippen LogP contribution is -2.45. The maximum absolute atomic E-state index is 13.9. The molecule has 1 atom stereocenters. The summed E-state index contributed by atoms with van der Waals surface area (Å²) in [5, 5.41) is 0. The van der Waals surface area contributed by atoms with Crippen LogP contribution in [0.5, 0.6) is 0 Å². The van der Waals surface area contributed by atoms with Crippen LogP contribution < -0.4 is 9.62 Å². The number of rotatable bonds is 5. The van der Waals surface area contributed by atoms with Gasteiger partial charge in [0.2, 0.25) is 10.0 Å². The van der Waals surface area contributed by atoms with E-state index in [1.54, 1.807) is 13.0 Å². The highest BCUT2D eigenvalue weighted by atomic mass is 32.2. The van der Waals surface area contributed by atoms with Crippen LogP contribution in [0.25, 0.3) is 0 Å². The Labute approximate surface area is 162 Å². The molecule has 0 aromatic heterocycles. The molecular weight excluding hydrogens is 391 g/mol. The number of hydrogen-bond acceptors (Lipinski definition) is 4. The number of sulfonamides is 1. The quantitative estimate of drug-likeness (QED) is 0.819. The highest BCUT2D eigenvalue weighted by molar-refractivity contribution is 7.89. The number of nitrogens with one attached hydrogen (secondary N) is 1. The number of anilines is 1. The molecule has 1 unspecified atom stereocenters. The molecule has 1 N–H and O–H groups in total. The normalized spacial score (nSPS) is 17.0. The molecule has 0 saturated carbocycles. The zero-order valence-electron chi connectivity index (χ0n) is 15.6. The van der Waals surface area contributed by atoms with Crippen LogP contribution in [0.4, 0.5) is 18.9 Å². The van der Waals surface area contributed by atoms with Gasteiger partial charge in [0.1, 0.15) is 22.3 Å². The van der Waals surface area contributed by atoms with Gasteiger partial charge in [0.15, 0.2) is 0 Å². The molecule has 1 fully saturated rings. The lowest BCUT2D eigenvalue weighted by Gasteiger charge is -2.36. The first-order chi connectivity index (χ1) is 13.2. The first kappa shape index (κ1) is 20.6. The third kappa shape index (κ3) is 4.48. The van der Waals surface area contributed by atoms with Gasteiger partial charge < -0.3 is 9.80 Å². The van der Waals surface area contributed by atoms with Gasteiger partial charge in [-0.3, -0.25) is 0 Å². The Morgan fingerprint density at radius 2 is 1.57 bits per heavy atom. The molecule has 0 bridgehead atoms. The van der Waals surface area contributed by atoms with E-state index in [1.165, 1.54) is 12.1 Å². The van der Waals surface area contributed by atoms with Crippen molar-refractivity contribution in [1.29, 1.82) is 0 Å². The van der Waals surface area contributed by atoms with Crippen molar-refractivity contribution < 1.29 is 21.6 Å². The summed E-state index contributed by atoms with van der Waals surface area (Å²) in [4.78, 5) is 3.44. The third-order valence-corrected chi connectivity index (χ3v) is 6.37. The predicted molar refractivity (Wildman–Crippen MR) is 101 cm³/mol. The summed E-state index contributed by atoms with van der Waals surface area (Å²) in [5.74, 6) is -2.42. The summed E-state index contributed by atoms with van der Waals surface area (Å²) in [6.07, 6.45) is 0. The summed E-state index contributed by atoms with van der Waals surface area (Å²) >= 11 is 0. The monoisotopic (exact) mass is 413 g/mol. The van der Waals surface area contributed by atoms with Gasteiger partial charge in [0, 0.05) is 37.9 Å². The minimum Gasteiger partial charge on any atom is -0.369 e. The van der Waals surface area contributed by atoms with Crippen molar-refractivity contribution in [3.63, 3.8) is 0 Å². The highest BCUT2D eigenvalue weighted by Gasteiger charge is 2.26. The largest absolute Gasteiger partial charge is 0.369 e. The molecule has 0 radical (unpaired) electrons. The van der Waals surface area contributed by atoms with E-state index in [-0.39, 0.29) is 0 Å². The van der Waals surface area contributed by atoms with Crippen LogP contribution in [0.1, 0.15) is 18.5 Å². The summed E-state index contributed by atoms with van der Waals surface area (Å²) in [5.41, 5.74) is 1.15. The average molecular weight is 413 g/mol. The summed E-state index contributed by atoms with van der Waals surface area (Å²) in [6, 6.07) is 5.58. The number of benzene rings is 2. The zero-order chi connectivity index (χ0) is 20.5. The number of nitrogens with zero attached hydrogens (tertiary/aromatic N) is 2. The minimum absolute atomic E-state index is 0.435. The van der Waals surface area contributed by atoms with Crippen molar-refractivity contribution in [3.8, 4) is 0 Å². The van der Waals surface area contributed by atoms with Gasteiger partial charge in [-0.2, -0.15) is 0 Å². The van der Waals surface area contributed by atoms with E-state index in [0.29, 0.717) is 30.4 Å². The summed E-state index contributed by atoms with van der Waals surface area (Å²) < 4.78 is 68.7. The van der Waals surface area contributed by atoms with Crippen LogP contribution in [-0.4, -0.2) is 46.5 Å². The smallest absolute Gasteiger partial charge is 0.244 e. The third-order valence-electron chi connectivity index (χ3n) is 4.81. The second-order valence-electron chi connectivity index (χ2n) is 6.91. The second kappa shape index (κ2) is 8.10. The van der Waals surface area contributed by atoms with Crippen molar-refractivity contribution in [2.45, 2.75) is 17.9 Å². The van der Waals surface area contributed by atoms with E-state index in [2.05, 4.69) is 14.5 Å². The average Bonchev–Trinajstić information content (AvgIpc) is 2.64. The molecule has 152 valence electrons.